The first-order valence-electron chi connectivity index (χ1n) is 10.2. The zero-order chi connectivity index (χ0) is 22.4. The molecule has 0 radical (unpaired) electrons. The van der Waals surface area contributed by atoms with Gasteiger partial charge in [-0.05, 0) is 73.4 Å². The summed E-state index contributed by atoms with van der Waals surface area (Å²) in [4.78, 5) is 16.9. The van der Waals surface area contributed by atoms with E-state index in [1.807, 2.05) is 75.4 Å². The Morgan fingerprint density at radius 2 is 1.87 bits per heavy atom. The van der Waals surface area contributed by atoms with Crippen molar-refractivity contribution in [3.8, 4) is 11.1 Å². The van der Waals surface area contributed by atoms with Crippen LogP contribution in [0.15, 0.2) is 67.0 Å². The minimum atomic E-state index is -1.11. The Labute approximate surface area is 183 Å². The molecular formula is C25H29N3O3. The highest BCUT2D eigenvalue weighted by molar-refractivity contribution is 5.98. The Morgan fingerprint density at radius 1 is 1.13 bits per heavy atom. The van der Waals surface area contributed by atoms with Crippen LogP contribution in [0.2, 0.25) is 0 Å². The van der Waals surface area contributed by atoms with Crippen LogP contribution in [0.3, 0.4) is 0 Å². The topological polar surface area (TPSA) is 97.5 Å². The molecule has 0 amide bonds. The van der Waals surface area contributed by atoms with E-state index >= 15 is 0 Å². The number of hydrogen-bond donors (Lipinski definition) is 3. The summed E-state index contributed by atoms with van der Waals surface area (Å²) in [7, 11) is 0. The number of hydrogen-bond acceptors (Lipinski definition) is 6. The van der Waals surface area contributed by atoms with E-state index in [0.29, 0.717) is 24.2 Å². The molecule has 162 valence electrons. The van der Waals surface area contributed by atoms with Crippen LogP contribution in [-0.4, -0.2) is 27.9 Å². The number of ether oxygens (including phenoxy) is 1. The molecule has 1 atom stereocenters. The van der Waals surface area contributed by atoms with Gasteiger partial charge in [-0.2, -0.15) is 0 Å². The molecule has 1 aromatic heterocycles. The number of anilines is 1. The summed E-state index contributed by atoms with van der Waals surface area (Å²) in [5, 5.41) is 13.1. The predicted molar refractivity (Wildman–Crippen MR) is 122 cm³/mol. The first kappa shape index (κ1) is 22.6. The quantitative estimate of drug-likeness (QED) is 0.291. The van der Waals surface area contributed by atoms with E-state index < -0.39 is 12.0 Å². The second-order valence-corrected chi connectivity index (χ2v) is 8.42. The Bertz CT molecular complexity index is 1030. The maximum atomic E-state index is 12.9. The highest BCUT2D eigenvalue weighted by atomic mass is 16.6. The smallest absolute Gasteiger partial charge is 0.214 e. The van der Waals surface area contributed by atoms with Gasteiger partial charge in [0, 0.05) is 36.6 Å². The molecule has 0 aliphatic carbocycles. The fraction of sp³-hybridized carbons (Fsp3) is 0.280. The molecule has 6 heteroatoms. The van der Waals surface area contributed by atoms with Gasteiger partial charge in [0.2, 0.25) is 6.41 Å². The molecule has 0 fully saturated rings. The van der Waals surface area contributed by atoms with E-state index in [1.165, 1.54) is 0 Å². The van der Waals surface area contributed by atoms with Gasteiger partial charge in [-0.3, -0.25) is 15.1 Å². The van der Waals surface area contributed by atoms with Gasteiger partial charge in [-0.15, -0.1) is 0 Å². The number of aliphatic hydroxyl groups excluding tert-OH is 1. The van der Waals surface area contributed by atoms with Crippen LogP contribution in [0.5, 0.6) is 0 Å². The van der Waals surface area contributed by atoms with Crippen LogP contribution in [0.4, 0.5) is 5.69 Å². The Hall–Kier alpha value is -3.06. The van der Waals surface area contributed by atoms with E-state index in [1.54, 1.807) is 12.4 Å². The molecule has 3 aromatic rings. The van der Waals surface area contributed by atoms with Gasteiger partial charge in [0.1, 0.15) is 0 Å². The van der Waals surface area contributed by atoms with Gasteiger partial charge in [-0.25, -0.2) is 0 Å². The zero-order valence-corrected chi connectivity index (χ0v) is 18.1. The lowest BCUT2D eigenvalue weighted by molar-refractivity contribution is -0.182. The second kappa shape index (κ2) is 9.83. The van der Waals surface area contributed by atoms with E-state index in [-0.39, 0.29) is 5.78 Å². The highest BCUT2D eigenvalue weighted by Gasteiger charge is 2.17. The third-order valence-electron chi connectivity index (χ3n) is 4.68. The number of rotatable bonds is 8. The Morgan fingerprint density at radius 3 is 2.55 bits per heavy atom. The summed E-state index contributed by atoms with van der Waals surface area (Å²) >= 11 is 0. The molecule has 0 bridgehead atoms. The van der Waals surface area contributed by atoms with Gasteiger partial charge in [0.15, 0.2) is 5.78 Å². The SMILES string of the molecule is CC(C)(C)OC(O)NCc1ccc(C(=O)Cc2ccncc2)cc1-c1cccc(N)c1. The van der Waals surface area contributed by atoms with Crippen LogP contribution in [-0.2, 0) is 17.7 Å². The lowest BCUT2D eigenvalue weighted by Gasteiger charge is -2.25. The average molecular weight is 420 g/mol. The number of carbonyl (C=O) groups is 1. The number of nitrogen functional groups attached to an aromatic ring is 1. The molecule has 3 rings (SSSR count). The minimum absolute atomic E-state index is 0.0203. The number of nitrogens with two attached hydrogens (primary N) is 1. The van der Waals surface area contributed by atoms with Crippen molar-refractivity contribution < 1.29 is 14.6 Å². The lowest BCUT2D eigenvalue weighted by Crippen LogP contribution is -2.37. The molecule has 31 heavy (non-hydrogen) atoms. The number of pyridine rings is 1. The molecule has 0 spiro atoms. The third-order valence-corrected chi connectivity index (χ3v) is 4.68. The molecular weight excluding hydrogens is 390 g/mol. The number of Topliss-reactive ketones (excluding diaryl/α,β-unsaturated/α-hetero) is 1. The highest BCUT2D eigenvalue weighted by Crippen LogP contribution is 2.27. The fourth-order valence-electron chi connectivity index (χ4n) is 3.24. The molecule has 1 unspecified atom stereocenters. The van der Waals surface area contributed by atoms with Gasteiger partial charge in [0.05, 0.1) is 5.60 Å². The summed E-state index contributed by atoms with van der Waals surface area (Å²) < 4.78 is 5.52. The summed E-state index contributed by atoms with van der Waals surface area (Å²) in [5.74, 6) is 0.0203. The van der Waals surface area contributed by atoms with Crippen molar-refractivity contribution in [2.45, 2.75) is 45.8 Å². The number of aromatic nitrogens is 1. The largest absolute Gasteiger partial charge is 0.399 e. The molecule has 2 aromatic carbocycles. The van der Waals surface area contributed by atoms with Crippen molar-refractivity contribution in [3.63, 3.8) is 0 Å². The molecule has 0 saturated heterocycles. The number of aliphatic hydroxyl groups is 1. The van der Waals surface area contributed by atoms with Crippen molar-refractivity contribution >= 4 is 11.5 Å². The molecule has 0 aliphatic rings. The number of carbonyl (C=O) groups excluding carboxylic acids is 1. The third kappa shape index (κ3) is 6.72. The van der Waals surface area contributed by atoms with Crippen molar-refractivity contribution in [1.82, 2.24) is 10.3 Å². The van der Waals surface area contributed by atoms with Gasteiger partial charge >= 0.3 is 0 Å². The Balaban J connectivity index is 1.87. The van der Waals surface area contributed by atoms with Gasteiger partial charge < -0.3 is 15.6 Å². The lowest BCUT2D eigenvalue weighted by atomic mass is 9.94. The monoisotopic (exact) mass is 419 g/mol. The molecule has 0 aliphatic heterocycles. The van der Waals surface area contributed by atoms with Gasteiger partial charge in [-0.1, -0.05) is 24.3 Å². The van der Waals surface area contributed by atoms with E-state index in [0.717, 1.165) is 22.3 Å². The number of ketones is 1. The first-order valence-corrected chi connectivity index (χ1v) is 10.2. The maximum Gasteiger partial charge on any atom is 0.214 e. The zero-order valence-electron chi connectivity index (χ0n) is 18.1. The fourth-order valence-corrected chi connectivity index (χ4v) is 3.24. The van der Waals surface area contributed by atoms with Crippen molar-refractivity contribution in [2.24, 2.45) is 0 Å². The maximum absolute atomic E-state index is 12.9. The standard InChI is InChI=1S/C25H29N3O3/c1-25(2,3)31-24(30)28-16-20-8-7-19(23(29)13-17-9-11-27-12-10-17)15-22(20)18-5-4-6-21(26)14-18/h4-12,14-15,24,28,30H,13,16,26H2,1-3H3. The van der Waals surface area contributed by atoms with Gasteiger partial charge in [0.25, 0.3) is 0 Å². The van der Waals surface area contributed by atoms with Crippen LogP contribution < -0.4 is 11.1 Å². The summed E-state index contributed by atoms with van der Waals surface area (Å²) in [5.41, 5.74) is 10.4. The summed E-state index contributed by atoms with van der Waals surface area (Å²) in [6.45, 7) is 5.98. The number of benzene rings is 2. The number of nitrogens with zero attached hydrogens (tertiary/aromatic N) is 1. The van der Waals surface area contributed by atoms with Crippen LogP contribution in [0.1, 0.15) is 42.3 Å². The van der Waals surface area contributed by atoms with Crippen LogP contribution in [0.25, 0.3) is 11.1 Å². The molecule has 4 N–H and O–H groups in total. The molecule has 0 saturated carbocycles. The minimum Gasteiger partial charge on any atom is -0.399 e. The van der Waals surface area contributed by atoms with Crippen LogP contribution in [0, 0.1) is 0 Å². The van der Waals surface area contributed by atoms with Crippen molar-refractivity contribution in [3.05, 3.63) is 83.7 Å². The van der Waals surface area contributed by atoms with E-state index in [4.69, 9.17) is 10.5 Å². The average Bonchev–Trinajstić information content (AvgIpc) is 2.71. The van der Waals surface area contributed by atoms with E-state index in [9.17, 15) is 9.90 Å². The molecule has 1 heterocycles. The summed E-state index contributed by atoms with van der Waals surface area (Å²) in [6.07, 6.45) is 2.55. The van der Waals surface area contributed by atoms with E-state index in [2.05, 4.69) is 10.3 Å². The summed E-state index contributed by atoms with van der Waals surface area (Å²) in [6, 6.07) is 16.8. The first-order chi connectivity index (χ1) is 14.7. The molecule has 6 nitrogen and oxygen atoms in total. The normalized spacial score (nSPS) is 12.5. The van der Waals surface area contributed by atoms with Crippen molar-refractivity contribution in [1.29, 1.82) is 0 Å². The predicted octanol–water partition coefficient (Wildman–Crippen LogP) is 3.94. The number of nitrogens with one attached hydrogen (secondary N) is 1. The Kier molecular flexibility index (Phi) is 7.17. The second-order valence-electron chi connectivity index (χ2n) is 8.42. The van der Waals surface area contributed by atoms with Crippen LogP contribution >= 0.6 is 0 Å². The van der Waals surface area contributed by atoms with Crippen molar-refractivity contribution in [2.75, 3.05) is 5.73 Å².